The number of rotatable bonds is 8. The summed E-state index contributed by atoms with van der Waals surface area (Å²) in [5, 5.41) is -0.182. The van der Waals surface area contributed by atoms with Crippen LogP contribution in [0.1, 0.15) is 39.3 Å². The summed E-state index contributed by atoms with van der Waals surface area (Å²) >= 11 is 0. The molecule has 2 aliphatic rings. The first-order chi connectivity index (χ1) is 22.0. The van der Waals surface area contributed by atoms with Crippen LogP contribution in [0.2, 0.25) is 0 Å². The Morgan fingerprint density at radius 2 is 1.72 bits per heavy atom. The number of hydrogen-bond donors (Lipinski definition) is 0. The zero-order valence-electron chi connectivity index (χ0n) is 25.9. The molecule has 0 N–H and O–H groups in total. The van der Waals surface area contributed by atoms with Crippen LogP contribution in [0.25, 0.3) is 10.9 Å². The molecule has 1 amide bonds. The van der Waals surface area contributed by atoms with Gasteiger partial charge in [0.1, 0.15) is 24.6 Å². The van der Waals surface area contributed by atoms with Gasteiger partial charge in [-0.05, 0) is 51.8 Å². The summed E-state index contributed by atoms with van der Waals surface area (Å²) in [6.45, 7) is 7.68. The summed E-state index contributed by atoms with van der Waals surface area (Å²) in [6.07, 6.45) is 2.17. The van der Waals surface area contributed by atoms with Crippen molar-refractivity contribution in [2.75, 3.05) is 32.8 Å². The minimum Gasteiger partial charge on any atom is -0.486 e. The van der Waals surface area contributed by atoms with E-state index in [4.69, 9.17) is 14.2 Å². The smallest absolute Gasteiger partial charge is 0.486 e. The molecule has 5 rings (SSSR count). The van der Waals surface area contributed by atoms with Crippen LogP contribution in [0.3, 0.4) is 0 Å². The maximum absolute atomic E-state index is 14.2. The molecule has 1 saturated heterocycles. The van der Waals surface area contributed by atoms with Gasteiger partial charge in [0.15, 0.2) is 17.2 Å². The number of likely N-dealkylation sites (tertiary alicyclic amines) is 1. The van der Waals surface area contributed by atoms with E-state index < -0.39 is 44.4 Å². The van der Waals surface area contributed by atoms with Crippen molar-refractivity contribution in [3.8, 4) is 17.2 Å². The van der Waals surface area contributed by atoms with Gasteiger partial charge in [0, 0.05) is 49.7 Å². The SMILES string of the molecule is CC(C)(C)OC(=O)N(Cc1cc2c(cn1)OCCO2)C1CCN(CCn2c(=O)cc(OS(=O)(=O)C(F)(F)F)c3ccc(F)cc32)CC1. The molecule has 4 heterocycles. The lowest BCUT2D eigenvalue weighted by Crippen LogP contribution is -2.49. The van der Waals surface area contributed by atoms with Crippen molar-refractivity contribution < 1.29 is 49.2 Å². The minimum absolute atomic E-state index is 0.0205. The largest absolute Gasteiger partial charge is 0.534 e. The molecule has 0 saturated carbocycles. The second-order valence-electron chi connectivity index (χ2n) is 12.1. The summed E-state index contributed by atoms with van der Waals surface area (Å²) in [5.74, 6) is -0.559. The average Bonchev–Trinajstić information content (AvgIpc) is 2.98. The van der Waals surface area contributed by atoms with Crippen LogP contribution in [0.5, 0.6) is 17.2 Å². The van der Waals surface area contributed by atoms with E-state index in [1.165, 1.54) is 0 Å². The Hall–Kier alpha value is -4.12. The van der Waals surface area contributed by atoms with Crippen LogP contribution in [-0.4, -0.2) is 83.9 Å². The van der Waals surface area contributed by atoms with Crippen molar-refractivity contribution in [2.45, 2.75) is 63.9 Å². The fourth-order valence-corrected chi connectivity index (χ4v) is 5.87. The van der Waals surface area contributed by atoms with E-state index >= 15 is 0 Å². The molecule has 0 unspecified atom stereocenters. The molecule has 2 aliphatic heterocycles. The molecule has 0 spiro atoms. The molecule has 1 aromatic carbocycles. The Balaban J connectivity index is 1.29. The molecule has 0 aliphatic carbocycles. The summed E-state index contributed by atoms with van der Waals surface area (Å²) in [4.78, 5) is 34.4. The number of fused-ring (bicyclic) bond motifs is 2. The van der Waals surface area contributed by atoms with Crippen LogP contribution in [0.15, 0.2) is 41.3 Å². The molecule has 3 aromatic rings. The molecule has 1 fully saturated rings. The van der Waals surface area contributed by atoms with E-state index in [9.17, 15) is 35.6 Å². The molecule has 12 nitrogen and oxygen atoms in total. The normalized spacial score (nSPS) is 16.2. The maximum Gasteiger partial charge on any atom is 0.534 e. The first-order valence-corrected chi connectivity index (χ1v) is 16.2. The molecule has 17 heteroatoms. The highest BCUT2D eigenvalue weighted by Gasteiger charge is 2.49. The fourth-order valence-electron chi connectivity index (χ4n) is 5.40. The number of hydrogen-bond acceptors (Lipinski definition) is 10. The highest BCUT2D eigenvalue weighted by atomic mass is 32.2. The lowest BCUT2D eigenvalue weighted by atomic mass is 10.0. The molecular formula is C30H34F4N4O8S. The Kier molecular flexibility index (Phi) is 9.59. The average molecular weight is 687 g/mol. The Labute approximate surface area is 267 Å². The van der Waals surface area contributed by atoms with Crippen LogP contribution in [0.4, 0.5) is 22.4 Å². The van der Waals surface area contributed by atoms with E-state index in [2.05, 4.69) is 9.17 Å². The number of carbonyl (C=O) groups excluding carboxylic acids is 1. The molecule has 47 heavy (non-hydrogen) atoms. The van der Waals surface area contributed by atoms with Gasteiger partial charge < -0.3 is 27.9 Å². The van der Waals surface area contributed by atoms with Crippen LogP contribution < -0.4 is 19.2 Å². The van der Waals surface area contributed by atoms with E-state index in [0.29, 0.717) is 68.9 Å². The number of benzene rings is 1. The van der Waals surface area contributed by atoms with Gasteiger partial charge in [-0.2, -0.15) is 21.6 Å². The number of halogens is 4. The van der Waals surface area contributed by atoms with Crippen molar-refractivity contribution in [3.05, 3.63) is 58.4 Å². The monoisotopic (exact) mass is 686 g/mol. The summed E-state index contributed by atoms with van der Waals surface area (Å²) in [5.41, 5.74) is -6.85. The Morgan fingerprint density at radius 1 is 1.04 bits per heavy atom. The minimum atomic E-state index is -6.07. The third-order valence-electron chi connectivity index (χ3n) is 7.60. The molecule has 2 aromatic heterocycles. The molecule has 256 valence electrons. The lowest BCUT2D eigenvalue weighted by molar-refractivity contribution is -0.0499. The number of nitrogens with zero attached hydrogens (tertiary/aromatic N) is 4. The first-order valence-electron chi connectivity index (χ1n) is 14.8. The molecule has 0 bridgehead atoms. The van der Waals surface area contributed by atoms with Gasteiger partial charge >= 0.3 is 21.7 Å². The quantitative estimate of drug-likeness (QED) is 0.191. The standard InChI is InChI=1S/C30H34F4N4O8S/c1-29(2,3)45-28(40)38(18-20-15-25-26(17-35-20)44-13-12-43-25)21-6-8-36(9-7-21)10-11-37-23-14-19(31)4-5-22(23)24(16-27(37)39)46-47(41,42)30(32,33)34/h4-5,14-17,21H,6-13,18H2,1-3H3. The van der Waals surface area contributed by atoms with Crippen LogP contribution in [-0.2, 0) is 27.9 Å². The van der Waals surface area contributed by atoms with Crippen molar-refractivity contribution in [3.63, 3.8) is 0 Å². The number of pyridine rings is 2. The number of ether oxygens (including phenoxy) is 3. The predicted octanol–water partition coefficient (Wildman–Crippen LogP) is 4.44. The van der Waals surface area contributed by atoms with E-state index in [1.54, 1.807) is 37.9 Å². The number of aromatic nitrogens is 2. The van der Waals surface area contributed by atoms with Gasteiger partial charge in [-0.1, -0.05) is 0 Å². The molecule has 0 atom stereocenters. The van der Waals surface area contributed by atoms with Crippen molar-refractivity contribution in [2.24, 2.45) is 0 Å². The Morgan fingerprint density at radius 3 is 2.38 bits per heavy atom. The maximum atomic E-state index is 14.2. The second kappa shape index (κ2) is 13.2. The lowest BCUT2D eigenvalue weighted by Gasteiger charge is -2.39. The highest BCUT2D eigenvalue weighted by molar-refractivity contribution is 7.88. The van der Waals surface area contributed by atoms with Gasteiger partial charge in [0.25, 0.3) is 5.56 Å². The topological polar surface area (TPSA) is 130 Å². The number of amides is 1. The van der Waals surface area contributed by atoms with E-state index in [-0.39, 0.29) is 30.0 Å². The van der Waals surface area contributed by atoms with Crippen molar-refractivity contribution in [1.29, 1.82) is 0 Å². The van der Waals surface area contributed by atoms with Gasteiger partial charge in [-0.25, -0.2) is 9.18 Å². The Bertz CT molecular complexity index is 1800. The highest BCUT2D eigenvalue weighted by Crippen LogP contribution is 2.32. The van der Waals surface area contributed by atoms with Gasteiger partial charge in [0.2, 0.25) is 0 Å². The number of piperidine rings is 1. The van der Waals surface area contributed by atoms with Gasteiger partial charge in [-0.3, -0.25) is 14.7 Å². The van der Waals surface area contributed by atoms with Crippen molar-refractivity contribution in [1.82, 2.24) is 19.4 Å². The van der Waals surface area contributed by atoms with Crippen LogP contribution >= 0.6 is 0 Å². The van der Waals surface area contributed by atoms with Crippen molar-refractivity contribution >= 4 is 27.1 Å². The molecular weight excluding hydrogens is 652 g/mol. The third kappa shape index (κ3) is 8.06. The summed E-state index contributed by atoms with van der Waals surface area (Å²) < 4.78 is 98.6. The van der Waals surface area contributed by atoms with E-state index in [0.717, 1.165) is 22.8 Å². The number of carbonyl (C=O) groups is 1. The number of alkyl halides is 3. The predicted molar refractivity (Wildman–Crippen MR) is 160 cm³/mol. The zero-order chi connectivity index (χ0) is 34.1. The zero-order valence-corrected chi connectivity index (χ0v) is 26.7. The first kappa shape index (κ1) is 34.2. The van der Waals surface area contributed by atoms with Gasteiger partial charge in [-0.15, -0.1) is 0 Å². The summed E-state index contributed by atoms with van der Waals surface area (Å²) in [6, 6.07) is 5.07. The van der Waals surface area contributed by atoms with E-state index in [1.807, 2.05) is 4.90 Å². The second-order valence-corrected chi connectivity index (χ2v) is 13.7. The van der Waals surface area contributed by atoms with Gasteiger partial charge in [0.05, 0.1) is 24.0 Å². The third-order valence-corrected chi connectivity index (χ3v) is 8.57. The summed E-state index contributed by atoms with van der Waals surface area (Å²) in [7, 11) is -6.07. The van der Waals surface area contributed by atoms with Crippen LogP contribution in [0, 0.1) is 5.82 Å². The molecule has 0 radical (unpaired) electrons. The fraction of sp³-hybridized carbons (Fsp3) is 0.500.